The molecule has 0 saturated carbocycles. The van der Waals surface area contributed by atoms with Gasteiger partial charge in [0, 0.05) is 64.9 Å². The van der Waals surface area contributed by atoms with Crippen LogP contribution in [0.4, 0.5) is 0 Å². The maximum atomic E-state index is 12.5. The molecule has 2 fully saturated rings. The minimum atomic E-state index is 0.0888. The summed E-state index contributed by atoms with van der Waals surface area (Å²) < 4.78 is 5.36. The van der Waals surface area contributed by atoms with Gasteiger partial charge in [-0.25, -0.2) is 0 Å². The van der Waals surface area contributed by atoms with Crippen molar-refractivity contribution in [1.82, 2.24) is 15.1 Å². The number of hydrogen-bond acceptors (Lipinski definition) is 4. The summed E-state index contributed by atoms with van der Waals surface area (Å²) >= 11 is 0. The number of hydrogen-bond donors (Lipinski definition) is 1. The van der Waals surface area contributed by atoms with Crippen molar-refractivity contribution in [2.45, 2.75) is 25.8 Å². The summed E-state index contributed by atoms with van der Waals surface area (Å²) in [5.74, 6) is 0.372. The van der Waals surface area contributed by atoms with Crippen LogP contribution >= 0.6 is 0 Å². The van der Waals surface area contributed by atoms with Crippen LogP contribution in [0.5, 0.6) is 0 Å². The van der Waals surface area contributed by atoms with Gasteiger partial charge in [-0.15, -0.1) is 0 Å². The number of amides is 1. The summed E-state index contributed by atoms with van der Waals surface area (Å²) in [5.41, 5.74) is 0. The summed E-state index contributed by atoms with van der Waals surface area (Å²) in [6.07, 6.45) is 1.95. The second-order valence-corrected chi connectivity index (χ2v) is 5.74. The maximum absolute atomic E-state index is 12.5. The van der Waals surface area contributed by atoms with E-state index in [1.807, 2.05) is 11.9 Å². The van der Waals surface area contributed by atoms with Crippen LogP contribution in [0.15, 0.2) is 0 Å². The zero-order chi connectivity index (χ0) is 13.7. The fourth-order valence-corrected chi connectivity index (χ4v) is 2.96. The molecule has 2 heterocycles. The van der Waals surface area contributed by atoms with E-state index in [4.69, 9.17) is 4.74 Å². The van der Waals surface area contributed by atoms with Gasteiger partial charge in [-0.3, -0.25) is 4.79 Å². The smallest absolute Gasteiger partial charge is 0.226 e. The Balaban J connectivity index is 1.79. The number of nitrogens with one attached hydrogen (secondary N) is 1. The number of carbonyl (C=O) groups is 1. The lowest BCUT2D eigenvalue weighted by Crippen LogP contribution is -2.49. The monoisotopic (exact) mass is 269 g/mol. The molecule has 19 heavy (non-hydrogen) atoms. The standard InChI is InChI=1S/C14H27N3O2/c1-12(11-17-7-5-15-6-8-17)14(18)16(2)13-3-9-19-10-4-13/h12-13,15H,3-11H2,1-2H3. The molecular formula is C14H27N3O2. The van der Waals surface area contributed by atoms with Crippen LogP contribution in [0, 0.1) is 5.92 Å². The van der Waals surface area contributed by atoms with E-state index < -0.39 is 0 Å². The van der Waals surface area contributed by atoms with Gasteiger partial charge < -0.3 is 19.9 Å². The molecule has 1 amide bonds. The predicted octanol–water partition coefficient (Wildman–Crippen LogP) is 0.165. The topological polar surface area (TPSA) is 44.8 Å². The number of carbonyl (C=O) groups excluding carboxylic acids is 1. The van der Waals surface area contributed by atoms with Crippen LogP contribution in [-0.4, -0.2) is 74.7 Å². The van der Waals surface area contributed by atoms with Gasteiger partial charge in [0.15, 0.2) is 0 Å². The third-order valence-electron chi connectivity index (χ3n) is 4.25. The van der Waals surface area contributed by atoms with Crippen molar-refractivity contribution in [1.29, 1.82) is 0 Å². The first kappa shape index (κ1) is 14.8. The average Bonchev–Trinajstić information content (AvgIpc) is 2.47. The van der Waals surface area contributed by atoms with E-state index in [-0.39, 0.29) is 11.8 Å². The number of nitrogens with zero attached hydrogens (tertiary/aromatic N) is 2. The lowest BCUT2D eigenvalue weighted by molar-refractivity contribution is -0.138. The molecule has 0 aromatic heterocycles. The van der Waals surface area contributed by atoms with Crippen LogP contribution in [-0.2, 0) is 9.53 Å². The summed E-state index contributed by atoms with van der Waals surface area (Å²) in [6, 6.07) is 0.367. The van der Waals surface area contributed by atoms with E-state index in [0.717, 1.165) is 58.8 Å². The van der Waals surface area contributed by atoms with Gasteiger partial charge in [0.05, 0.1) is 0 Å². The molecule has 1 atom stereocenters. The van der Waals surface area contributed by atoms with Crippen LogP contribution in [0.25, 0.3) is 0 Å². The first-order chi connectivity index (χ1) is 9.18. The summed E-state index contributed by atoms with van der Waals surface area (Å²) in [4.78, 5) is 16.8. The molecule has 2 saturated heterocycles. The minimum absolute atomic E-state index is 0.0888. The Morgan fingerprint density at radius 3 is 2.63 bits per heavy atom. The maximum Gasteiger partial charge on any atom is 0.226 e. The second kappa shape index (κ2) is 7.22. The number of ether oxygens (including phenoxy) is 1. The van der Waals surface area contributed by atoms with E-state index in [1.54, 1.807) is 0 Å². The molecule has 5 heteroatoms. The Morgan fingerprint density at radius 1 is 1.37 bits per heavy atom. The van der Waals surface area contributed by atoms with Crippen molar-refractivity contribution >= 4 is 5.91 Å². The molecule has 0 radical (unpaired) electrons. The molecule has 5 nitrogen and oxygen atoms in total. The normalized spacial score (nSPS) is 24.1. The van der Waals surface area contributed by atoms with Crippen LogP contribution in [0.2, 0.25) is 0 Å². The molecule has 2 aliphatic rings. The first-order valence-corrected chi connectivity index (χ1v) is 7.46. The Kier molecular flexibility index (Phi) is 5.60. The Hall–Kier alpha value is -0.650. The molecule has 0 aromatic rings. The van der Waals surface area contributed by atoms with Crippen molar-refractivity contribution in [3.8, 4) is 0 Å². The molecule has 1 N–H and O–H groups in total. The van der Waals surface area contributed by atoms with Gasteiger partial charge in [0.25, 0.3) is 0 Å². The third kappa shape index (κ3) is 4.16. The zero-order valence-corrected chi connectivity index (χ0v) is 12.2. The van der Waals surface area contributed by atoms with Gasteiger partial charge in [-0.2, -0.15) is 0 Å². The molecule has 110 valence electrons. The van der Waals surface area contributed by atoms with E-state index >= 15 is 0 Å². The quantitative estimate of drug-likeness (QED) is 0.790. The highest BCUT2D eigenvalue weighted by Crippen LogP contribution is 2.16. The largest absolute Gasteiger partial charge is 0.381 e. The molecule has 0 bridgehead atoms. The molecule has 2 rings (SSSR count). The lowest BCUT2D eigenvalue weighted by atomic mass is 10.0. The van der Waals surface area contributed by atoms with Gasteiger partial charge in [0.2, 0.25) is 5.91 Å². The summed E-state index contributed by atoms with van der Waals surface area (Å²) in [7, 11) is 1.95. The van der Waals surface area contributed by atoms with Crippen molar-refractivity contribution in [2.75, 3.05) is 53.0 Å². The lowest BCUT2D eigenvalue weighted by Gasteiger charge is -2.35. The molecule has 0 aliphatic carbocycles. The fraction of sp³-hybridized carbons (Fsp3) is 0.929. The highest BCUT2D eigenvalue weighted by atomic mass is 16.5. The molecular weight excluding hydrogens is 242 g/mol. The highest BCUT2D eigenvalue weighted by molar-refractivity contribution is 5.78. The molecule has 1 unspecified atom stereocenters. The van der Waals surface area contributed by atoms with Crippen molar-refractivity contribution in [3.63, 3.8) is 0 Å². The van der Waals surface area contributed by atoms with Gasteiger partial charge >= 0.3 is 0 Å². The van der Waals surface area contributed by atoms with Crippen LogP contribution in [0.3, 0.4) is 0 Å². The first-order valence-electron chi connectivity index (χ1n) is 7.46. The van der Waals surface area contributed by atoms with E-state index in [1.165, 1.54) is 0 Å². The Labute approximate surface area is 116 Å². The Bertz CT molecular complexity index is 286. The predicted molar refractivity (Wildman–Crippen MR) is 75.1 cm³/mol. The van der Waals surface area contributed by atoms with Crippen molar-refractivity contribution in [2.24, 2.45) is 5.92 Å². The van der Waals surface area contributed by atoms with Crippen LogP contribution < -0.4 is 5.32 Å². The van der Waals surface area contributed by atoms with Crippen molar-refractivity contribution < 1.29 is 9.53 Å². The van der Waals surface area contributed by atoms with Gasteiger partial charge in [0.1, 0.15) is 0 Å². The van der Waals surface area contributed by atoms with Gasteiger partial charge in [-0.05, 0) is 12.8 Å². The van der Waals surface area contributed by atoms with E-state index in [9.17, 15) is 4.79 Å². The summed E-state index contributed by atoms with van der Waals surface area (Å²) in [5, 5.41) is 3.34. The van der Waals surface area contributed by atoms with Gasteiger partial charge in [-0.1, -0.05) is 6.92 Å². The Morgan fingerprint density at radius 2 is 2.00 bits per heavy atom. The molecule has 0 aromatic carbocycles. The molecule has 2 aliphatic heterocycles. The highest BCUT2D eigenvalue weighted by Gasteiger charge is 2.27. The third-order valence-corrected chi connectivity index (χ3v) is 4.25. The average molecular weight is 269 g/mol. The fourth-order valence-electron chi connectivity index (χ4n) is 2.96. The minimum Gasteiger partial charge on any atom is -0.381 e. The number of piperazine rings is 1. The summed E-state index contributed by atoms with van der Waals surface area (Å²) in [6.45, 7) is 8.70. The van der Waals surface area contributed by atoms with E-state index in [2.05, 4.69) is 17.1 Å². The van der Waals surface area contributed by atoms with E-state index in [0.29, 0.717) is 6.04 Å². The van der Waals surface area contributed by atoms with Crippen LogP contribution in [0.1, 0.15) is 19.8 Å². The number of rotatable bonds is 4. The molecule has 0 spiro atoms. The van der Waals surface area contributed by atoms with Crippen molar-refractivity contribution in [3.05, 3.63) is 0 Å². The zero-order valence-electron chi connectivity index (χ0n) is 12.2. The second-order valence-electron chi connectivity index (χ2n) is 5.74. The SMILES string of the molecule is CC(CN1CCNCC1)C(=O)N(C)C1CCOCC1.